The third-order valence-corrected chi connectivity index (χ3v) is 3.13. The molecule has 25 heavy (non-hydrogen) atoms. The van der Waals surface area contributed by atoms with Gasteiger partial charge in [-0.3, -0.25) is 0 Å². The van der Waals surface area contributed by atoms with Crippen molar-refractivity contribution in [3.63, 3.8) is 0 Å². The van der Waals surface area contributed by atoms with Gasteiger partial charge in [0.15, 0.2) is 12.4 Å². The van der Waals surface area contributed by atoms with E-state index in [9.17, 15) is 30.0 Å². The summed E-state index contributed by atoms with van der Waals surface area (Å²) >= 11 is 3.38. The minimum atomic E-state index is -10.7. The third-order valence-electron chi connectivity index (χ3n) is 2.67. The Hall–Kier alpha value is -1.93. The van der Waals surface area contributed by atoms with Crippen molar-refractivity contribution in [2.24, 2.45) is 0 Å². The second-order valence-corrected chi connectivity index (χ2v) is 7.68. The minimum Gasteiger partial charge on any atom is -0.418 e. The van der Waals surface area contributed by atoms with Gasteiger partial charge in [-0.15, -0.1) is 0 Å². The monoisotopic (exact) mass is 447 g/mol. The standard InChI is InChI=1S/C14H9BrNO2.F6P/c15-11-5-3-7-16(9-11)12-8-10-4-1-2-6-13(10)18-14(12)17;1-7(2,3,4,5)6/h1-9H;/q+1;-1. The Labute approximate surface area is 144 Å². The number of halogens is 7. The van der Waals surface area contributed by atoms with E-state index in [0.29, 0.717) is 11.3 Å². The van der Waals surface area contributed by atoms with Crippen molar-refractivity contribution >= 4 is 34.7 Å². The van der Waals surface area contributed by atoms with Crippen molar-refractivity contribution in [1.29, 1.82) is 0 Å². The van der Waals surface area contributed by atoms with E-state index >= 15 is 0 Å². The van der Waals surface area contributed by atoms with Crippen molar-refractivity contribution in [2.75, 3.05) is 0 Å². The van der Waals surface area contributed by atoms with Crippen LogP contribution in [0.1, 0.15) is 0 Å². The smallest absolute Gasteiger partial charge is 0.409 e. The molecule has 1 aromatic carbocycles. The number of para-hydroxylation sites is 1. The zero-order valence-electron chi connectivity index (χ0n) is 12.1. The summed E-state index contributed by atoms with van der Waals surface area (Å²) in [5, 5.41) is 0.902. The summed E-state index contributed by atoms with van der Waals surface area (Å²) < 4.78 is 67.1. The van der Waals surface area contributed by atoms with E-state index in [1.807, 2.05) is 48.8 Å². The second kappa shape index (κ2) is 5.81. The van der Waals surface area contributed by atoms with E-state index in [-0.39, 0.29) is 5.63 Å². The van der Waals surface area contributed by atoms with Crippen LogP contribution in [-0.2, 0) is 0 Å². The van der Waals surface area contributed by atoms with E-state index in [2.05, 4.69) is 15.9 Å². The van der Waals surface area contributed by atoms with E-state index in [4.69, 9.17) is 4.42 Å². The van der Waals surface area contributed by atoms with E-state index in [1.165, 1.54) is 0 Å². The summed E-state index contributed by atoms with van der Waals surface area (Å²) in [4.78, 5) is 11.9. The van der Waals surface area contributed by atoms with Crippen LogP contribution in [0.2, 0.25) is 0 Å². The van der Waals surface area contributed by atoms with Gasteiger partial charge in [-0.05, 0) is 28.1 Å². The molecule has 0 saturated heterocycles. The molecule has 2 aromatic heterocycles. The van der Waals surface area contributed by atoms with E-state index in [1.54, 1.807) is 10.6 Å². The van der Waals surface area contributed by atoms with Crippen LogP contribution in [0.15, 0.2) is 68.5 Å². The zero-order valence-corrected chi connectivity index (χ0v) is 14.5. The topological polar surface area (TPSA) is 34.1 Å². The van der Waals surface area contributed by atoms with Gasteiger partial charge in [-0.2, -0.15) is 4.57 Å². The van der Waals surface area contributed by atoms with Gasteiger partial charge >= 0.3 is 38.6 Å². The normalized spacial score (nSPS) is 14.2. The molecule has 0 aliphatic rings. The van der Waals surface area contributed by atoms with Crippen molar-refractivity contribution in [1.82, 2.24) is 0 Å². The number of hydrogen-bond donors (Lipinski definition) is 0. The molecule has 0 radical (unpaired) electrons. The molecule has 0 bridgehead atoms. The Morgan fingerprint density at radius 3 is 2.16 bits per heavy atom. The van der Waals surface area contributed by atoms with E-state index < -0.39 is 7.81 Å². The molecule has 0 aliphatic heterocycles. The molecule has 3 nitrogen and oxygen atoms in total. The molecule has 0 unspecified atom stereocenters. The van der Waals surface area contributed by atoms with Gasteiger partial charge in [0.2, 0.25) is 0 Å². The zero-order chi connectivity index (χ0) is 18.9. The molecule has 2 heterocycles. The van der Waals surface area contributed by atoms with Gasteiger partial charge in [0.25, 0.3) is 5.69 Å². The fourth-order valence-electron chi connectivity index (χ4n) is 1.83. The van der Waals surface area contributed by atoms with Crippen LogP contribution >= 0.6 is 23.7 Å². The van der Waals surface area contributed by atoms with Gasteiger partial charge in [-0.25, -0.2) is 4.79 Å². The van der Waals surface area contributed by atoms with Crippen LogP contribution in [0.3, 0.4) is 0 Å². The number of benzene rings is 1. The maximum absolute atomic E-state index is 11.9. The largest absolute Gasteiger partial charge is 0.418 e. The molecule has 136 valence electrons. The van der Waals surface area contributed by atoms with Crippen LogP contribution in [-0.4, -0.2) is 0 Å². The van der Waals surface area contributed by atoms with Crippen LogP contribution in [0.5, 0.6) is 0 Å². The molecule has 0 saturated carbocycles. The predicted octanol–water partition coefficient (Wildman–Crippen LogP) is 6.21. The molecule has 0 N–H and O–H groups in total. The maximum atomic E-state index is 11.9. The Balaban J connectivity index is 0.000000277. The minimum absolute atomic E-state index is 0.350. The number of nitrogens with zero attached hydrogens (tertiary/aromatic N) is 1. The van der Waals surface area contributed by atoms with Crippen LogP contribution in [0.4, 0.5) is 25.2 Å². The van der Waals surface area contributed by atoms with Gasteiger partial charge < -0.3 is 4.42 Å². The summed E-state index contributed by atoms with van der Waals surface area (Å²) in [5.74, 6) is 0. The Kier molecular flexibility index (Phi) is 4.51. The summed E-state index contributed by atoms with van der Waals surface area (Å²) in [6, 6.07) is 13.0. The van der Waals surface area contributed by atoms with Crippen molar-refractivity contribution in [3.8, 4) is 5.69 Å². The predicted molar refractivity (Wildman–Crippen MR) is 85.3 cm³/mol. The number of aromatic nitrogens is 1. The quantitative estimate of drug-likeness (QED) is 0.192. The van der Waals surface area contributed by atoms with Crippen LogP contribution in [0, 0.1) is 0 Å². The maximum Gasteiger partial charge on any atom is 0.409 e. The van der Waals surface area contributed by atoms with Gasteiger partial charge in [0.1, 0.15) is 5.58 Å². The molecule has 11 heteroatoms. The third kappa shape index (κ3) is 7.23. The Bertz CT molecular complexity index is 977. The number of rotatable bonds is 1. The SMILES string of the molecule is F[P-](F)(F)(F)(F)F.O=c1oc2ccccc2cc1-[n+]1cccc(Br)c1. The summed E-state index contributed by atoms with van der Waals surface area (Å²) in [6.45, 7) is 0. The van der Waals surface area contributed by atoms with Crippen molar-refractivity contribution in [2.45, 2.75) is 0 Å². The molecule has 3 aromatic rings. The second-order valence-electron chi connectivity index (χ2n) is 4.84. The van der Waals surface area contributed by atoms with Gasteiger partial charge in [0.05, 0.1) is 4.47 Å². The Morgan fingerprint density at radius 2 is 1.56 bits per heavy atom. The van der Waals surface area contributed by atoms with Gasteiger partial charge in [-0.1, -0.05) is 18.2 Å². The molecule has 0 fully saturated rings. The number of hydrogen-bond acceptors (Lipinski definition) is 2. The first-order valence-corrected chi connectivity index (χ1v) is 9.28. The molecule has 0 aliphatic carbocycles. The number of pyridine rings is 1. The summed E-state index contributed by atoms with van der Waals surface area (Å²) in [7, 11) is -10.7. The number of fused-ring (bicyclic) bond motifs is 1. The van der Waals surface area contributed by atoms with Crippen LogP contribution < -0.4 is 10.2 Å². The fourth-order valence-corrected chi connectivity index (χ4v) is 2.20. The average molecular weight is 448 g/mol. The first kappa shape index (κ1) is 19.4. The molecular weight excluding hydrogens is 439 g/mol. The molecule has 0 spiro atoms. The summed E-state index contributed by atoms with van der Waals surface area (Å²) in [6.07, 6.45) is 3.63. The molecule has 0 amide bonds. The molecule has 3 rings (SSSR count). The van der Waals surface area contributed by atoms with Crippen LogP contribution in [0.25, 0.3) is 16.7 Å². The molecular formula is C14H9BrF6NO2P. The fraction of sp³-hybridized carbons (Fsp3) is 0. The van der Waals surface area contributed by atoms with Crippen molar-refractivity contribution < 1.29 is 34.2 Å². The average Bonchev–Trinajstić information content (AvgIpc) is 2.43. The first-order valence-electron chi connectivity index (χ1n) is 6.45. The first-order chi connectivity index (χ1) is 11.2. The molecule has 0 atom stereocenters. The van der Waals surface area contributed by atoms with Crippen molar-refractivity contribution in [3.05, 3.63) is 69.8 Å². The Morgan fingerprint density at radius 1 is 0.960 bits per heavy atom. The summed E-state index contributed by atoms with van der Waals surface area (Å²) in [5.41, 5.74) is 0.744. The van der Waals surface area contributed by atoms with Gasteiger partial charge in [0, 0.05) is 17.5 Å². The van der Waals surface area contributed by atoms with E-state index in [0.717, 1.165) is 9.86 Å².